The molecule has 0 spiro atoms. The van der Waals surface area contributed by atoms with E-state index in [1.807, 2.05) is 0 Å². The van der Waals surface area contributed by atoms with E-state index in [0.717, 1.165) is 0 Å². The Morgan fingerprint density at radius 3 is 1.68 bits per heavy atom. The fraction of sp³-hybridized carbons (Fsp3) is 0.571. The van der Waals surface area contributed by atoms with Crippen LogP contribution in [0.5, 0.6) is 0 Å². The van der Waals surface area contributed by atoms with Gasteiger partial charge in [-0.05, 0) is 0 Å². The largest absolute Gasteiger partial charge is 0.481 e. The molecule has 0 heterocycles. The maximum atomic E-state index is 10.9. The molecule has 0 saturated carbocycles. The number of ether oxygens (including phenoxy) is 1. The Kier molecular flexibility index (Phi) is 6.06. The van der Waals surface area contributed by atoms with Crippen LogP contribution in [0.4, 0.5) is 0 Å². The molecule has 0 unspecified atom stereocenters. The predicted molar refractivity (Wildman–Crippen MR) is 54.0 cm³/mol. The van der Waals surface area contributed by atoms with Gasteiger partial charge in [-0.1, -0.05) is 0 Å². The number of hydrogen-bond acceptors (Lipinski definition) is 6. The van der Waals surface area contributed by atoms with Crippen molar-refractivity contribution in [2.24, 2.45) is 0 Å². The van der Waals surface area contributed by atoms with Crippen molar-refractivity contribution in [2.75, 3.05) is 6.79 Å². The van der Waals surface area contributed by atoms with E-state index in [2.05, 4.69) is 9.26 Å². The first-order valence-electron chi connectivity index (χ1n) is 4.49. The number of carboxylic acid groups (broad SMARTS) is 3. The van der Waals surface area contributed by atoms with Crippen LogP contribution in [-0.2, 0) is 28.2 Å². The first-order valence-corrected chi connectivity index (χ1v) is 6.02. The molecule has 0 aliphatic heterocycles. The van der Waals surface area contributed by atoms with Crippen LogP contribution >= 0.6 is 7.82 Å². The third-order valence-corrected chi connectivity index (χ3v) is 2.26. The van der Waals surface area contributed by atoms with Crippen LogP contribution in [0.2, 0.25) is 0 Å². The highest BCUT2D eigenvalue weighted by Gasteiger charge is 2.45. The molecule has 110 valence electrons. The molecule has 0 aromatic carbocycles. The number of rotatable bonds is 9. The molecule has 0 saturated heterocycles. The van der Waals surface area contributed by atoms with Crippen molar-refractivity contribution in [2.45, 2.75) is 18.4 Å². The summed E-state index contributed by atoms with van der Waals surface area (Å²) in [6, 6.07) is 0. The molecule has 0 aliphatic carbocycles. The van der Waals surface area contributed by atoms with Crippen LogP contribution in [0.15, 0.2) is 0 Å². The van der Waals surface area contributed by atoms with E-state index in [4.69, 9.17) is 25.1 Å². The molecule has 0 amide bonds. The van der Waals surface area contributed by atoms with Crippen molar-refractivity contribution < 1.29 is 53.3 Å². The van der Waals surface area contributed by atoms with Crippen molar-refractivity contribution in [3.8, 4) is 0 Å². The number of hydrogen-bond donors (Lipinski definition) is 5. The minimum atomic E-state index is -4.96. The highest BCUT2D eigenvalue weighted by atomic mass is 31.2. The zero-order valence-electron chi connectivity index (χ0n) is 9.25. The van der Waals surface area contributed by atoms with E-state index in [1.54, 1.807) is 0 Å². The third kappa shape index (κ3) is 6.84. The van der Waals surface area contributed by atoms with Crippen LogP contribution in [0.25, 0.3) is 0 Å². The standard InChI is InChI=1S/C7H11O11P/c8-4(9)1-7(6(12)13,2-5(10)11)17-3-18-19(14,15)16/h1-3H2,(H,8,9)(H,10,11)(H,12,13)(H2,14,15,16). The lowest BCUT2D eigenvalue weighted by atomic mass is 9.95. The van der Waals surface area contributed by atoms with E-state index in [-0.39, 0.29) is 0 Å². The maximum absolute atomic E-state index is 10.9. The van der Waals surface area contributed by atoms with Gasteiger partial charge in [0.2, 0.25) is 0 Å². The Hall–Kier alpha value is -1.52. The molecule has 12 heteroatoms. The molecule has 0 rings (SSSR count). The summed E-state index contributed by atoms with van der Waals surface area (Å²) < 4.78 is 18.6. The van der Waals surface area contributed by atoms with Gasteiger partial charge in [-0.3, -0.25) is 14.1 Å². The molecular weight excluding hydrogens is 291 g/mol. The molecule has 0 atom stereocenters. The molecule has 0 aliphatic rings. The molecule has 0 bridgehead atoms. The molecule has 19 heavy (non-hydrogen) atoms. The van der Waals surface area contributed by atoms with E-state index in [9.17, 15) is 18.9 Å². The monoisotopic (exact) mass is 302 g/mol. The summed E-state index contributed by atoms with van der Waals surface area (Å²) in [5.74, 6) is -5.24. The smallest absolute Gasteiger partial charge is 0.471 e. The maximum Gasteiger partial charge on any atom is 0.471 e. The summed E-state index contributed by atoms with van der Waals surface area (Å²) in [5.41, 5.74) is -2.69. The minimum absolute atomic E-state index is 1.22. The van der Waals surface area contributed by atoms with Crippen molar-refractivity contribution >= 4 is 25.7 Å². The summed E-state index contributed by atoms with van der Waals surface area (Å²) in [5, 5.41) is 25.9. The zero-order chi connectivity index (χ0) is 15.3. The lowest BCUT2D eigenvalue weighted by Crippen LogP contribution is -2.46. The fourth-order valence-corrected chi connectivity index (χ4v) is 1.26. The van der Waals surface area contributed by atoms with Gasteiger partial charge in [-0.2, -0.15) is 0 Å². The number of phosphoric ester groups is 1. The Balaban J connectivity index is 5.00. The van der Waals surface area contributed by atoms with E-state index < -0.39 is 51.0 Å². The van der Waals surface area contributed by atoms with Crippen molar-refractivity contribution in [3.63, 3.8) is 0 Å². The Labute approximate surface area is 105 Å². The quantitative estimate of drug-likeness (QED) is 0.255. The highest BCUT2D eigenvalue weighted by Crippen LogP contribution is 2.36. The van der Waals surface area contributed by atoms with Gasteiger partial charge in [0.1, 0.15) is 0 Å². The van der Waals surface area contributed by atoms with Gasteiger partial charge >= 0.3 is 25.7 Å². The predicted octanol–water partition coefficient (Wildman–Crippen LogP) is -1.16. The number of aliphatic carboxylic acids is 3. The molecule has 0 fully saturated rings. The normalized spacial score (nSPS) is 12.1. The molecule has 5 N–H and O–H groups in total. The molecule has 11 nitrogen and oxygen atoms in total. The van der Waals surface area contributed by atoms with Crippen molar-refractivity contribution in [3.05, 3.63) is 0 Å². The van der Waals surface area contributed by atoms with Gasteiger partial charge in [-0.25, -0.2) is 9.36 Å². The van der Waals surface area contributed by atoms with E-state index >= 15 is 0 Å². The second kappa shape index (κ2) is 6.59. The number of phosphoric acid groups is 1. The van der Waals surface area contributed by atoms with Gasteiger partial charge in [-0.15, -0.1) is 0 Å². The van der Waals surface area contributed by atoms with Gasteiger partial charge < -0.3 is 29.8 Å². The first kappa shape index (κ1) is 17.5. The topological polar surface area (TPSA) is 188 Å². The third-order valence-electron chi connectivity index (χ3n) is 1.82. The Morgan fingerprint density at radius 1 is 1.00 bits per heavy atom. The summed E-state index contributed by atoms with van der Waals surface area (Å²) in [6.07, 6.45) is -2.45. The fourth-order valence-electron chi connectivity index (χ4n) is 1.07. The molecule has 0 aromatic heterocycles. The van der Waals surface area contributed by atoms with E-state index in [1.165, 1.54) is 0 Å². The van der Waals surface area contributed by atoms with Crippen LogP contribution in [0, 0.1) is 0 Å². The number of carbonyl (C=O) groups is 3. The molecule has 0 radical (unpaired) electrons. The Morgan fingerprint density at radius 2 is 1.42 bits per heavy atom. The van der Waals surface area contributed by atoms with Crippen LogP contribution < -0.4 is 0 Å². The molecular formula is C7H11O11P. The average molecular weight is 302 g/mol. The van der Waals surface area contributed by atoms with Crippen LogP contribution in [-0.4, -0.2) is 55.4 Å². The van der Waals surface area contributed by atoms with Crippen LogP contribution in [0.1, 0.15) is 12.8 Å². The average Bonchev–Trinajstić information content (AvgIpc) is 2.12. The lowest BCUT2D eigenvalue weighted by molar-refractivity contribution is -0.188. The summed E-state index contributed by atoms with van der Waals surface area (Å²) in [4.78, 5) is 48.7. The minimum Gasteiger partial charge on any atom is -0.481 e. The van der Waals surface area contributed by atoms with Crippen molar-refractivity contribution in [1.82, 2.24) is 0 Å². The second-order valence-electron chi connectivity index (χ2n) is 3.32. The Bertz CT molecular complexity index is 393. The van der Waals surface area contributed by atoms with Gasteiger partial charge in [0.05, 0.1) is 12.8 Å². The SMILES string of the molecule is O=C(O)CC(CC(=O)O)(OCOP(=O)(O)O)C(=O)O. The van der Waals surface area contributed by atoms with Crippen LogP contribution in [0.3, 0.4) is 0 Å². The first-order chi connectivity index (χ1) is 8.48. The second-order valence-corrected chi connectivity index (χ2v) is 4.56. The van der Waals surface area contributed by atoms with Gasteiger partial charge in [0.25, 0.3) is 0 Å². The lowest BCUT2D eigenvalue weighted by Gasteiger charge is -2.26. The summed E-state index contributed by atoms with van der Waals surface area (Å²) in [6.45, 7) is -1.28. The zero-order valence-corrected chi connectivity index (χ0v) is 10.1. The van der Waals surface area contributed by atoms with Gasteiger partial charge in [0.15, 0.2) is 12.4 Å². The number of carboxylic acids is 3. The highest BCUT2D eigenvalue weighted by molar-refractivity contribution is 7.46. The molecule has 0 aromatic rings. The summed E-state index contributed by atoms with van der Waals surface area (Å²) in [7, 11) is -4.96. The summed E-state index contributed by atoms with van der Waals surface area (Å²) >= 11 is 0. The van der Waals surface area contributed by atoms with E-state index in [0.29, 0.717) is 0 Å². The van der Waals surface area contributed by atoms with Crippen molar-refractivity contribution in [1.29, 1.82) is 0 Å². The van der Waals surface area contributed by atoms with Gasteiger partial charge in [0, 0.05) is 0 Å².